The molecule has 1 aliphatic heterocycles. The summed E-state index contributed by atoms with van der Waals surface area (Å²) < 4.78 is 34.6. The molecule has 1 saturated heterocycles. The first-order valence-corrected chi connectivity index (χ1v) is 11.9. The zero-order valence-electron chi connectivity index (χ0n) is 18.0. The minimum Gasteiger partial charge on any atom is -0.497 e. The van der Waals surface area contributed by atoms with Crippen LogP contribution in [0.5, 0.6) is 11.5 Å². The van der Waals surface area contributed by atoms with Crippen LogP contribution < -0.4 is 14.6 Å². The lowest BCUT2D eigenvalue weighted by Crippen LogP contribution is -2.57. The number of hydrogen-bond acceptors (Lipinski definition) is 5. The second-order valence-corrected chi connectivity index (χ2v) is 9.78. The third-order valence-electron chi connectivity index (χ3n) is 5.95. The lowest BCUT2D eigenvalue weighted by molar-refractivity contribution is -0.133. The third-order valence-corrected chi connectivity index (χ3v) is 7.57. The van der Waals surface area contributed by atoms with Gasteiger partial charge in [0.2, 0.25) is 15.9 Å². The van der Waals surface area contributed by atoms with Crippen molar-refractivity contribution in [2.24, 2.45) is 5.14 Å². The largest absolute Gasteiger partial charge is 0.497 e. The molecule has 3 rings (SSSR count). The van der Waals surface area contributed by atoms with Crippen LogP contribution in [0.25, 0.3) is 0 Å². The molecule has 1 fully saturated rings. The van der Waals surface area contributed by atoms with Crippen LogP contribution in [0.1, 0.15) is 30.4 Å². The van der Waals surface area contributed by atoms with Crippen molar-refractivity contribution in [3.63, 3.8) is 0 Å². The van der Waals surface area contributed by atoms with E-state index < -0.39 is 20.7 Å². The van der Waals surface area contributed by atoms with E-state index in [-0.39, 0.29) is 12.8 Å². The minimum absolute atomic E-state index is 0.0152. The first kappa shape index (κ1) is 23.1. The van der Waals surface area contributed by atoms with Gasteiger partial charge in [0.1, 0.15) is 11.5 Å². The van der Waals surface area contributed by atoms with E-state index in [0.717, 1.165) is 24.0 Å². The lowest BCUT2D eigenvalue weighted by Gasteiger charge is -2.34. The molecule has 7 nitrogen and oxygen atoms in total. The predicted octanol–water partition coefficient (Wildman–Crippen LogP) is 2.53. The van der Waals surface area contributed by atoms with E-state index >= 15 is 0 Å². The van der Waals surface area contributed by atoms with Crippen LogP contribution >= 0.6 is 0 Å². The molecular formula is C23H30N2O5S. The number of rotatable bonds is 9. The summed E-state index contributed by atoms with van der Waals surface area (Å²) in [5.74, 6) is 0.971. The summed E-state index contributed by atoms with van der Waals surface area (Å²) in [7, 11) is -1.05. The Morgan fingerprint density at radius 1 is 0.935 bits per heavy atom. The third kappa shape index (κ3) is 5.19. The van der Waals surface area contributed by atoms with Crippen LogP contribution in [0.3, 0.4) is 0 Å². The standard InChI is InChI=1S/C23H30N2O5S/c1-29-20-9-5-18(6-10-20)13-14-23(31(24,27)28,22(26)25-15-3-4-16-25)17-19-7-11-21(30-2)12-8-19/h5-12H,3-4,13-17H2,1-2H3,(H2,24,27,28). The number of benzene rings is 2. The molecule has 31 heavy (non-hydrogen) atoms. The molecule has 168 valence electrons. The van der Waals surface area contributed by atoms with E-state index in [1.165, 1.54) is 0 Å². The van der Waals surface area contributed by atoms with Crippen LogP contribution in [0.2, 0.25) is 0 Å². The van der Waals surface area contributed by atoms with Crippen LogP contribution in [-0.2, 0) is 27.7 Å². The number of primary sulfonamides is 1. The fourth-order valence-corrected chi connectivity index (χ4v) is 5.18. The number of sulfonamides is 1. The summed E-state index contributed by atoms with van der Waals surface area (Å²) in [5.41, 5.74) is 1.63. The molecule has 2 N–H and O–H groups in total. The average Bonchev–Trinajstić information content (AvgIpc) is 3.31. The number of likely N-dealkylation sites (tertiary alicyclic amines) is 1. The molecule has 8 heteroatoms. The molecule has 0 aliphatic carbocycles. The van der Waals surface area contributed by atoms with Gasteiger partial charge in [-0.15, -0.1) is 0 Å². The Morgan fingerprint density at radius 2 is 1.42 bits per heavy atom. The highest BCUT2D eigenvalue weighted by Crippen LogP contribution is 2.32. The Morgan fingerprint density at radius 3 is 1.87 bits per heavy atom. The number of aryl methyl sites for hydroxylation is 1. The smallest absolute Gasteiger partial charge is 0.245 e. The quantitative estimate of drug-likeness (QED) is 0.638. The maximum atomic E-state index is 13.6. The maximum absolute atomic E-state index is 13.6. The molecule has 1 atom stereocenters. The van der Waals surface area contributed by atoms with Crippen molar-refractivity contribution in [1.29, 1.82) is 0 Å². The van der Waals surface area contributed by atoms with Crippen molar-refractivity contribution < 1.29 is 22.7 Å². The molecule has 0 saturated carbocycles. The zero-order valence-corrected chi connectivity index (χ0v) is 18.9. The van der Waals surface area contributed by atoms with E-state index in [4.69, 9.17) is 14.6 Å². The Labute approximate surface area is 184 Å². The van der Waals surface area contributed by atoms with E-state index in [2.05, 4.69) is 0 Å². The van der Waals surface area contributed by atoms with Crippen molar-refractivity contribution in [1.82, 2.24) is 4.90 Å². The summed E-state index contributed by atoms with van der Waals surface area (Å²) in [6, 6.07) is 14.5. The number of nitrogens with two attached hydrogens (primary N) is 1. The molecule has 0 radical (unpaired) electrons. The molecule has 1 amide bonds. The predicted molar refractivity (Wildman–Crippen MR) is 120 cm³/mol. The SMILES string of the molecule is COc1ccc(CCC(Cc2ccc(OC)cc2)(C(=O)N2CCCC2)S(N)(=O)=O)cc1. The van der Waals surface area contributed by atoms with Gasteiger partial charge in [0.15, 0.2) is 4.75 Å². The highest BCUT2D eigenvalue weighted by molar-refractivity contribution is 7.91. The number of amides is 1. The number of carbonyl (C=O) groups is 1. The van der Waals surface area contributed by atoms with Crippen LogP contribution in [0, 0.1) is 0 Å². The fraction of sp³-hybridized carbons (Fsp3) is 0.435. The Bertz CT molecular complexity index is 984. The summed E-state index contributed by atoms with van der Waals surface area (Å²) in [6.45, 7) is 1.11. The lowest BCUT2D eigenvalue weighted by atomic mass is 9.90. The maximum Gasteiger partial charge on any atom is 0.245 e. The van der Waals surface area contributed by atoms with Gasteiger partial charge in [-0.25, -0.2) is 13.6 Å². The van der Waals surface area contributed by atoms with Crippen molar-refractivity contribution in [3.05, 3.63) is 59.7 Å². The fourth-order valence-electron chi connectivity index (χ4n) is 4.06. The molecule has 0 bridgehead atoms. The second-order valence-electron chi connectivity index (χ2n) is 7.91. The van der Waals surface area contributed by atoms with Gasteiger partial charge in [-0.05, 0) is 61.1 Å². The Hall–Kier alpha value is -2.58. The first-order chi connectivity index (χ1) is 14.8. The van der Waals surface area contributed by atoms with Crippen molar-refractivity contribution in [3.8, 4) is 11.5 Å². The Kier molecular flexibility index (Phi) is 7.23. The summed E-state index contributed by atoms with van der Waals surface area (Å²) in [6.07, 6.45) is 2.25. The van der Waals surface area contributed by atoms with E-state index in [1.807, 2.05) is 24.3 Å². The number of methoxy groups -OCH3 is 2. The topological polar surface area (TPSA) is 98.9 Å². The molecule has 2 aromatic rings. The molecule has 0 spiro atoms. The van der Waals surface area contributed by atoms with Crippen molar-refractivity contribution in [2.75, 3.05) is 27.3 Å². The van der Waals surface area contributed by atoms with E-state index in [1.54, 1.807) is 43.4 Å². The molecule has 0 aromatic heterocycles. The Balaban J connectivity index is 1.96. The van der Waals surface area contributed by atoms with Gasteiger partial charge in [-0.2, -0.15) is 0 Å². The van der Waals surface area contributed by atoms with Gasteiger partial charge >= 0.3 is 0 Å². The minimum atomic E-state index is -4.21. The van der Waals surface area contributed by atoms with Crippen LogP contribution in [0.15, 0.2) is 48.5 Å². The molecule has 1 heterocycles. The number of nitrogens with zero attached hydrogens (tertiary/aromatic N) is 1. The van der Waals surface area contributed by atoms with Gasteiger partial charge in [-0.1, -0.05) is 24.3 Å². The van der Waals surface area contributed by atoms with Gasteiger partial charge in [0, 0.05) is 19.5 Å². The van der Waals surface area contributed by atoms with Crippen molar-refractivity contribution >= 4 is 15.9 Å². The zero-order chi connectivity index (χ0) is 22.5. The van der Waals surface area contributed by atoms with Crippen molar-refractivity contribution in [2.45, 2.75) is 36.9 Å². The van der Waals surface area contributed by atoms with Gasteiger partial charge < -0.3 is 14.4 Å². The average molecular weight is 447 g/mol. The second kappa shape index (κ2) is 9.70. The van der Waals surface area contributed by atoms with E-state index in [9.17, 15) is 13.2 Å². The van der Waals surface area contributed by atoms with Crippen LogP contribution in [-0.4, -0.2) is 51.3 Å². The summed E-state index contributed by atoms with van der Waals surface area (Å²) in [4.78, 5) is 15.2. The molecule has 1 aliphatic rings. The number of hydrogen-bond donors (Lipinski definition) is 1. The first-order valence-electron chi connectivity index (χ1n) is 10.4. The molecule has 2 aromatic carbocycles. The van der Waals surface area contributed by atoms with Gasteiger partial charge in [0.05, 0.1) is 14.2 Å². The monoisotopic (exact) mass is 446 g/mol. The van der Waals surface area contributed by atoms with E-state index in [0.29, 0.717) is 31.0 Å². The van der Waals surface area contributed by atoms with Crippen LogP contribution in [0.4, 0.5) is 0 Å². The normalized spacial score (nSPS) is 16.0. The summed E-state index contributed by atoms with van der Waals surface area (Å²) in [5, 5.41) is 5.78. The highest BCUT2D eigenvalue weighted by Gasteiger charge is 2.50. The number of ether oxygens (including phenoxy) is 2. The van der Waals surface area contributed by atoms with Gasteiger partial charge in [-0.3, -0.25) is 4.79 Å². The van der Waals surface area contributed by atoms with Gasteiger partial charge in [0.25, 0.3) is 0 Å². The molecule has 1 unspecified atom stereocenters. The highest BCUT2D eigenvalue weighted by atomic mass is 32.2. The molecular weight excluding hydrogens is 416 g/mol. The number of carbonyl (C=O) groups excluding carboxylic acids is 1. The summed E-state index contributed by atoms with van der Waals surface area (Å²) >= 11 is 0.